The van der Waals surface area contributed by atoms with Crippen molar-refractivity contribution in [3.8, 4) is 0 Å². The molecule has 2 fully saturated rings. The van der Waals surface area contributed by atoms with Crippen molar-refractivity contribution in [3.63, 3.8) is 0 Å². The van der Waals surface area contributed by atoms with Gasteiger partial charge in [0.05, 0.1) is 29.3 Å². The van der Waals surface area contributed by atoms with E-state index in [9.17, 15) is 29.9 Å². The number of nitro groups is 1. The van der Waals surface area contributed by atoms with Gasteiger partial charge < -0.3 is 34.6 Å². The van der Waals surface area contributed by atoms with Gasteiger partial charge >= 0.3 is 5.69 Å². The van der Waals surface area contributed by atoms with Gasteiger partial charge in [-0.15, -0.1) is 0 Å². The number of aromatic nitrogens is 2. The molecule has 2 aliphatic rings. The Labute approximate surface area is 224 Å². The minimum absolute atomic E-state index is 0.0248. The summed E-state index contributed by atoms with van der Waals surface area (Å²) < 4.78 is 19.2. The second-order valence-electron chi connectivity index (χ2n) is 9.95. The molecule has 0 spiro atoms. The Morgan fingerprint density at radius 3 is 2.41 bits per heavy atom. The quantitative estimate of drug-likeness (QED) is 0.331. The molecule has 212 valence electrons. The van der Waals surface area contributed by atoms with Gasteiger partial charge in [-0.25, -0.2) is 4.79 Å². The number of anilines is 1. The molecular formula is C25H33N5O9. The van der Waals surface area contributed by atoms with Crippen LogP contribution in [0.2, 0.25) is 0 Å². The fourth-order valence-electron chi connectivity index (χ4n) is 4.98. The first kappa shape index (κ1) is 28.7. The lowest BCUT2D eigenvalue weighted by atomic mass is 9.96. The van der Waals surface area contributed by atoms with Gasteiger partial charge in [-0.2, -0.15) is 4.98 Å². The molecule has 8 atom stereocenters. The Hall–Kier alpha value is -3.27. The van der Waals surface area contributed by atoms with Crippen molar-refractivity contribution in [1.29, 1.82) is 0 Å². The maximum atomic E-state index is 12.7. The zero-order chi connectivity index (χ0) is 28.4. The summed E-state index contributed by atoms with van der Waals surface area (Å²) in [5.74, 6) is -0.544. The summed E-state index contributed by atoms with van der Waals surface area (Å²) in [6.07, 6.45) is -2.86. The Morgan fingerprint density at radius 2 is 1.82 bits per heavy atom. The zero-order valence-corrected chi connectivity index (χ0v) is 22.0. The third-order valence-corrected chi connectivity index (χ3v) is 7.03. The topological polar surface area (TPSA) is 179 Å². The minimum atomic E-state index is -1.24. The number of carbonyl (C=O) groups is 1. The number of hydrogen-bond acceptors (Lipinski definition) is 11. The molecule has 2 aliphatic heterocycles. The van der Waals surface area contributed by atoms with E-state index in [0.717, 1.165) is 0 Å². The van der Waals surface area contributed by atoms with Crippen molar-refractivity contribution in [2.75, 3.05) is 19.4 Å². The van der Waals surface area contributed by atoms with E-state index in [1.165, 1.54) is 41.1 Å². The number of non-ortho nitro benzene ring substituents is 1. The van der Waals surface area contributed by atoms with Crippen molar-refractivity contribution in [2.45, 2.75) is 75.8 Å². The summed E-state index contributed by atoms with van der Waals surface area (Å²) in [5, 5.41) is 34.4. The van der Waals surface area contributed by atoms with E-state index in [1.54, 1.807) is 25.9 Å². The van der Waals surface area contributed by atoms with Crippen LogP contribution in [0.25, 0.3) is 0 Å². The lowest BCUT2D eigenvalue weighted by Crippen LogP contribution is -2.62. The molecule has 3 N–H and O–H groups in total. The van der Waals surface area contributed by atoms with Crippen LogP contribution in [0, 0.1) is 10.1 Å². The SMILES string of the molecule is CC1OC(n2ccc(NC(=O)c3ccc([N+](=O)[O-])cc3)nc2=O)CCC1OC1OC(C)C(N(C)C)C(O)C1O. The number of aliphatic hydroxyl groups excluding tert-OH is 2. The number of nitrogens with one attached hydrogen (secondary N) is 1. The second kappa shape index (κ2) is 11.9. The molecule has 0 radical (unpaired) electrons. The summed E-state index contributed by atoms with van der Waals surface area (Å²) in [6, 6.07) is 6.11. The lowest BCUT2D eigenvalue weighted by Gasteiger charge is -2.46. The summed E-state index contributed by atoms with van der Waals surface area (Å²) >= 11 is 0. The van der Waals surface area contributed by atoms with Crippen molar-refractivity contribution in [3.05, 3.63) is 62.7 Å². The van der Waals surface area contributed by atoms with Crippen LogP contribution in [0.4, 0.5) is 11.5 Å². The minimum Gasteiger partial charge on any atom is -0.388 e. The number of nitrogens with zero attached hydrogens (tertiary/aromatic N) is 4. The Bertz CT molecular complexity index is 1240. The van der Waals surface area contributed by atoms with Gasteiger partial charge in [0.2, 0.25) is 0 Å². The van der Waals surface area contributed by atoms with E-state index in [1.807, 2.05) is 6.92 Å². The van der Waals surface area contributed by atoms with Crippen LogP contribution in [0.1, 0.15) is 43.3 Å². The Morgan fingerprint density at radius 1 is 1.13 bits per heavy atom. The number of likely N-dealkylation sites (N-methyl/N-ethyl adjacent to an activating group) is 1. The van der Waals surface area contributed by atoms with E-state index in [-0.39, 0.29) is 29.2 Å². The zero-order valence-electron chi connectivity index (χ0n) is 22.0. The normalized spacial score (nSPS) is 31.2. The van der Waals surface area contributed by atoms with Crippen LogP contribution < -0.4 is 11.0 Å². The molecule has 14 heteroatoms. The fourth-order valence-corrected chi connectivity index (χ4v) is 4.98. The van der Waals surface area contributed by atoms with E-state index in [2.05, 4.69) is 10.3 Å². The predicted octanol–water partition coefficient (Wildman–Crippen LogP) is 0.883. The van der Waals surface area contributed by atoms with Gasteiger partial charge in [-0.3, -0.25) is 19.5 Å². The van der Waals surface area contributed by atoms with Gasteiger partial charge in [0.25, 0.3) is 11.6 Å². The number of carbonyl (C=O) groups excluding carboxylic acids is 1. The van der Waals surface area contributed by atoms with E-state index < -0.39 is 53.5 Å². The van der Waals surface area contributed by atoms with E-state index in [4.69, 9.17) is 14.2 Å². The van der Waals surface area contributed by atoms with Gasteiger partial charge in [0.1, 0.15) is 24.3 Å². The Balaban J connectivity index is 1.35. The first-order valence-electron chi connectivity index (χ1n) is 12.6. The highest BCUT2D eigenvalue weighted by atomic mass is 16.7. The highest BCUT2D eigenvalue weighted by Crippen LogP contribution is 2.32. The molecule has 1 amide bonds. The first-order valence-corrected chi connectivity index (χ1v) is 12.6. The van der Waals surface area contributed by atoms with Crippen molar-refractivity contribution < 1.29 is 34.1 Å². The second-order valence-corrected chi connectivity index (χ2v) is 9.95. The van der Waals surface area contributed by atoms with Gasteiger partial charge in [-0.05, 0) is 59.0 Å². The number of amides is 1. The number of hydrogen-bond donors (Lipinski definition) is 3. The Kier molecular flexibility index (Phi) is 8.73. The summed E-state index contributed by atoms with van der Waals surface area (Å²) in [6.45, 7) is 3.59. The van der Waals surface area contributed by atoms with Gasteiger partial charge in [0.15, 0.2) is 6.29 Å². The molecule has 0 aliphatic carbocycles. The predicted molar refractivity (Wildman–Crippen MR) is 137 cm³/mol. The van der Waals surface area contributed by atoms with E-state index in [0.29, 0.717) is 12.8 Å². The van der Waals surface area contributed by atoms with Crippen LogP contribution in [-0.2, 0) is 14.2 Å². The third kappa shape index (κ3) is 6.32. The molecule has 3 heterocycles. The lowest BCUT2D eigenvalue weighted by molar-refractivity contribution is -0.384. The standard InChI is InChI=1S/C25H33N5O9/c1-13-17(39-24-22(32)21(31)20(28(3)4)14(2)38-24)9-10-19(37-13)29-12-11-18(27-25(29)34)26-23(33)15-5-7-16(8-6-15)30(35)36/h5-8,11-14,17,19-22,24,31-32H,9-10H2,1-4H3,(H,26,27,33,34). The number of rotatable bonds is 7. The first-order chi connectivity index (χ1) is 18.5. The molecule has 0 saturated carbocycles. The molecular weight excluding hydrogens is 514 g/mol. The molecule has 4 rings (SSSR count). The van der Waals surface area contributed by atoms with Crippen LogP contribution in [-0.4, -0.2) is 92.4 Å². The largest absolute Gasteiger partial charge is 0.388 e. The van der Waals surface area contributed by atoms with Crippen molar-refractivity contribution >= 4 is 17.4 Å². The summed E-state index contributed by atoms with van der Waals surface area (Å²) in [4.78, 5) is 41.1. The number of benzene rings is 1. The third-order valence-electron chi connectivity index (χ3n) is 7.03. The molecule has 0 bridgehead atoms. The molecule has 2 aromatic rings. The maximum Gasteiger partial charge on any atom is 0.351 e. The summed E-state index contributed by atoms with van der Waals surface area (Å²) in [7, 11) is 3.60. The monoisotopic (exact) mass is 547 g/mol. The van der Waals surface area contributed by atoms with Crippen LogP contribution in [0.5, 0.6) is 0 Å². The van der Waals surface area contributed by atoms with Crippen molar-refractivity contribution in [2.24, 2.45) is 0 Å². The molecule has 8 unspecified atom stereocenters. The molecule has 14 nitrogen and oxygen atoms in total. The highest BCUT2D eigenvalue weighted by molar-refractivity contribution is 6.03. The smallest absolute Gasteiger partial charge is 0.351 e. The average molecular weight is 548 g/mol. The number of aliphatic hydroxyl groups is 2. The molecule has 39 heavy (non-hydrogen) atoms. The van der Waals surface area contributed by atoms with Crippen LogP contribution >= 0.6 is 0 Å². The molecule has 1 aromatic heterocycles. The van der Waals surface area contributed by atoms with Crippen LogP contribution in [0.15, 0.2) is 41.3 Å². The number of nitro benzene ring substituents is 1. The highest BCUT2D eigenvalue weighted by Gasteiger charge is 2.46. The van der Waals surface area contributed by atoms with Crippen molar-refractivity contribution in [1.82, 2.24) is 14.5 Å². The molecule has 2 saturated heterocycles. The number of ether oxygens (including phenoxy) is 3. The summed E-state index contributed by atoms with van der Waals surface area (Å²) in [5.41, 5.74) is -0.603. The van der Waals surface area contributed by atoms with Crippen LogP contribution in [0.3, 0.4) is 0 Å². The van der Waals surface area contributed by atoms with Gasteiger partial charge in [0, 0.05) is 23.9 Å². The molecule has 1 aromatic carbocycles. The van der Waals surface area contributed by atoms with Gasteiger partial charge in [-0.1, -0.05) is 0 Å². The fraction of sp³-hybridized carbons (Fsp3) is 0.560. The average Bonchev–Trinajstić information content (AvgIpc) is 2.88. The maximum absolute atomic E-state index is 12.7. The van der Waals surface area contributed by atoms with E-state index >= 15 is 0 Å².